The Morgan fingerprint density at radius 2 is 1.84 bits per heavy atom. The lowest BCUT2D eigenvalue weighted by atomic mass is 10.0. The van der Waals surface area contributed by atoms with Gasteiger partial charge >= 0.3 is 0 Å². The fourth-order valence-electron chi connectivity index (χ4n) is 1.88. The van der Waals surface area contributed by atoms with Crippen molar-refractivity contribution in [3.63, 3.8) is 0 Å². The van der Waals surface area contributed by atoms with Crippen LogP contribution in [0.4, 0.5) is 4.39 Å². The maximum absolute atomic E-state index is 13.6. The summed E-state index contributed by atoms with van der Waals surface area (Å²) in [6.45, 7) is 2.05. The van der Waals surface area contributed by atoms with Crippen molar-refractivity contribution >= 4 is 17.4 Å². The van der Waals surface area contributed by atoms with Crippen molar-refractivity contribution in [2.24, 2.45) is 0 Å². The van der Waals surface area contributed by atoms with Gasteiger partial charge in [-0.25, -0.2) is 4.39 Å². The Bertz CT molecular complexity index is 590. The standard InChI is InChI=1S/C16H14ClFO/c1-2-11-3-5-12(6-4-11)16(19)10-13-9-14(17)7-8-15(13)18/h3-9H,2,10H2,1H3. The van der Waals surface area contributed by atoms with Crippen molar-refractivity contribution in [3.8, 4) is 0 Å². The van der Waals surface area contributed by atoms with Gasteiger partial charge in [0.2, 0.25) is 0 Å². The van der Waals surface area contributed by atoms with Crippen molar-refractivity contribution in [3.05, 3.63) is 70.0 Å². The van der Waals surface area contributed by atoms with E-state index in [1.54, 1.807) is 12.1 Å². The summed E-state index contributed by atoms with van der Waals surface area (Å²) in [6.07, 6.45) is 0.954. The summed E-state index contributed by atoms with van der Waals surface area (Å²) >= 11 is 5.81. The van der Waals surface area contributed by atoms with Crippen LogP contribution in [0.25, 0.3) is 0 Å². The smallest absolute Gasteiger partial charge is 0.167 e. The Morgan fingerprint density at radius 1 is 1.16 bits per heavy atom. The molecule has 98 valence electrons. The second-order valence-electron chi connectivity index (χ2n) is 4.39. The number of aryl methyl sites for hydroxylation is 1. The highest BCUT2D eigenvalue weighted by atomic mass is 35.5. The number of carbonyl (C=O) groups is 1. The molecule has 2 rings (SSSR count). The third-order valence-electron chi connectivity index (χ3n) is 3.04. The van der Waals surface area contributed by atoms with Crippen LogP contribution in [0, 0.1) is 5.82 Å². The average Bonchev–Trinajstić information content (AvgIpc) is 2.43. The molecule has 0 aliphatic carbocycles. The summed E-state index contributed by atoms with van der Waals surface area (Å²) in [5.74, 6) is -0.508. The third kappa shape index (κ3) is 3.42. The van der Waals surface area contributed by atoms with Crippen LogP contribution in [0.2, 0.25) is 5.02 Å². The van der Waals surface area contributed by atoms with E-state index >= 15 is 0 Å². The summed E-state index contributed by atoms with van der Waals surface area (Å²) in [7, 11) is 0. The number of hydrogen-bond donors (Lipinski definition) is 0. The number of halogens is 2. The first kappa shape index (κ1) is 13.8. The summed E-state index contributed by atoms with van der Waals surface area (Å²) < 4.78 is 13.6. The lowest BCUT2D eigenvalue weighted by Crippen LogP contribution is -2.05. The van der Waals surface area contributed by atoms with Crippen LogP contribution in [-0.4, -0.2) is 5.78 Å². The first-order chi connectivity index (χ1) is 9.10. The van der Waals surface area contributed by atoms with E-state index in [2.05, 4.69) is 6.92 Å². The molecule has 0 heterocycles. The van der Waals surface area contributed by atoms with Crippen LogP contribution in [-0.2, 0) is 12.8 Å². The largest absolute Gasteiger partial charge is 0.294 e. The Hall–Kier alpha value is -1.67. The summed E-state index contributed by atoms with van der Waals surface area (Å²) in [5, 5.41) is 0.436. The molecule has 3 heteroatoms. The topological polar surface area (TPSA) is 17.1 Å². The number of carbonyl (C=O) groups excluding carboxylic acids is 1. The molecule has 19 heavy (non-hydrogen) atoms. The molecule has 2 aromatic rings. The van der Waals surface area contributed by atoms with Gasteiger partial charge in [-0.2, -0.15) is 0 Å². The van der Waals surface area contributed by atoms with Crippen LogP contribution >= 0.6 is 11.6 Å². The van der Waals surface area contributed by atoms with Crippen LogP contribution in [0.3, 0.4) is 0 Å². The van der Waals surface area contributed by atoms with E-state index in [4.69, 9.17) is 11.6 Å². The highest BCUT2D eigenvalue weighted by Crippen LogP contribution is 2.17. The Balaban J connectivity index is 2.18. The van der Waals surface area contributed by atoms with Gasteiger partial charge in [0.05, 0.1) is 0 Å². The van der Waals surface area contributed by atoms with E-state index < -0.39 is 5.82 Å². The maximum atomic E-state index is 13.6. The zero-order chi connectivity index (χ0) is 13.8. The quantitative estimate of drug-likeness (QED) is 0.753. The van der Waals surface area contributed by atoms with Crippen LogP contribution in [0.15, 0.2) is 42.5 Å². The Labute approximate surface area is 117 Å². The Kier molecular flexibility index (Phi) is 4.33. The van der Waals surface area contributed by atoms with Crippen LogP contribution < -0.4 is 0 Å². The number of Topliss-reactive ketones (excluding diaryl/α,β-unsaturated/α-hetero) is 1. The number of benzene rings is 2. The first-order valence-electron chi connectivity index (χ1n) is 6.16. The maximum Gasteiger partial charge on any atom is 0.167 e. The second-order valence-corrected chi connectivity index (χ2v) is 4.82. The molecule has 0 amide bonds. The zero-order valence-corrected chi connectivity index (χ0v) is 11.4. The molecule has 0 aliphatic rings. The monoisotopic (exact) mass is 276 g/mol. The van der Waals surface area contributed by atoms with E-state index in [1.807, 2.05) is 12.1 Å². The van der Waals surface area contributed by atoms with Gasteiger partial charge in [0, 0.05) is 17.0 Å². The molecule has 0 radical (unpaired) electrons. The molecule has 0 atom stereocenters. The second kappa shape index (κ2) is 5.98. The molecular formula is C16H14ClFO. The highest BCUT2D eigenvalue weighted by Gasteiger charge is 2.11. The fourth-order valence-corrected chi connectivity index (χ4v) is 2.07. The predicted molar refractivity (Wildman–Crippen MR) is 75.3 cm³/mol. The Morgan fingerprint density at radius 3 is 2.47 bits per heavy atom. The molecular weight excluding hydrogens is 263 g/mol. The normalized spacial score (nSPS) is 10.5. The molecule has 0 N–H and O–H groups in total. The minimum atomic E-state index is -0.400. The van der Waals surface area contributed by atoms with E-state index in [1.165, 1.54) is 23.8 Å². The number of rotatable bonds is 4. The molecule has 2 aromatic carbocycles. The predicted octanol–water partition coefficient (Wildman–Crippen LogP) is 4.47. The number of hydrogen-bond acceptors (Lipinski definition) is 1. The zero-order valence-electron chi connectivity index (χ0n) is 10.6. The van der Waals surface area contributed by atoms with E-state index in [0.29, 0.717) is 16.1 Å². The van der Waals surface area contributed by atoms with Gasteiger partial charge in [-0.15, -0.1) is 0 Å². The van der Waals surface area contributed by atoms with Gasteiger partial charge in [0.25, 0.3) is 0 Å². The minimum Gasteiger partial charge on any atom is -0.294 e. The molecule has 0 saturated heterocycles. The molecule has 0 unspecified atom stereocenters. The van der Waals surface area contributed by atoms with Gasteiger partial charge in [-0.05, 0) is 35.7 Å². The van der Waals surface area contributed by atoms with E-state index in [-0.39, 0.29) is 12.2 Å². The van der Waals surface area contributed by atoms with Crippen molar-refractivity contribution in [2.45, 2.75) is 19.8 Å². The van der Waals surface area contributed by atoms with Gasteiger partial charge in [-0.3, -0.25) is 4.79 Å². The lowest BCUT2D eigenvalue weighted by molar-refractivity contribution is 0.0992. The van der Waals surface area contributed by atoms with Gasteiger partial charge in [-0.1, -0.05) is 42.8 Å². The third-order valence-corrected chi connectivity index (χ3v) is 3.28. The molecule has 0 saturated carbocycles. The number of ketones is 1. The summed E-state index contributed by atoms with van der Waals surface area (Å²) in [4.78, 5) is 12.1. The molecule has 0 aliphatic heterocycles. The van der Waals surface area contributed by atoms with Crippen molar-refractivity contribution in [2.75, 3.05) is 0 Å². The molecule has 0 fully saturated rings. The molecule has 0 bridgehead atoms. The van der Waals surface area contributed by atoms with Crippen LogP contribution in [0.1, 0.15) is 28.4 Å². The lowest BCUT2D eigenvalue weighted by Gasteiger charge is -2.04. The van der Waals surface area contributed by atoms with Crippen molar-refractivity contribution < 1.29 is 9.18 Å². The van der Waals surface area contributed by atoms with Gasteiger partial charge in [0.15, 0.2) is 5.78 Å². The van der Waals surface area contributed by atoms with E-state index in [0.717, 1.165) is 6.42 Å². The summed E-state index contributed by atoms with van der Waals surface area (Å²) in [6, 6.07) is 11.7. The molecule has 0 spiro atoms. The highest BCUT2D eigenvalue weighted by molar-refractivity contribution is 6.30. The fraction of sp³-hybridized carbons (Fsp3) is 0.188. The van der Waals surface area contributed by atoms with Crippen molar-refractivity contribution in [1.29, 1.82) is 0 Å². The average molecular weight is 277 g/mol. The first-order valence-corrected chi connectivity index (χ1v) is 6.54. The van der Waals surface area contributed by atoms with Crippen LogP contribution in [0.5, 0.6) is 0 Å². The van der Waals surface area contributed by atoms with Crippen molar-refractivity contribution in [1.82, 2.24) is 0 Å². The molecule has 1 nitrogen and oxygen atoms in total. The van der Waals surface area contributed by atoms with Gasteiger partial charge < -0.3 is 0 Å². The summed E-state index contributed by atoms with van der Waals surface area (Å²) in [5.41, 5.74) is 2.10. The molecule has 0 aromatic heterocycles. The minimum absolute atomic E-state index is 0.0257. The van der Waals surface area contributed by atoms with E-state index in [9.17, 15) is 9.18 Å². The SMILES string of the molecule is CCc1ccc(C(=O)Cc2cc(Cl)ccc2F)cc1. The van der Waals surface area contributed by atoms with Gasteiger partial charge in [0.1, 0.15) is 5.82 Å².